The Balaban J connectivity index is 1.62. The molecule has 0 bridgehead atoms. The molecule has 468 valence electrons. The van der Waals surface area contributed by atoms with Gasteiger partial charge >= 0.3 is 0 Å². The lowest BCUT2D eigenvalue weighted by Gasteiger charge is -2.09. The molecule has 0 unspecified atom stereocenters. The highest BCUT2D eigenvalue weighted by atomic mass is 16.6. The Morgan fingerprint density at radius 1 is 0.228 bits per heavy atom. The fraction of sp³-hybridized carbons (Fsp3) is 0.895. The molecule has 0 aliphatic carbocycles. The Morgan fingerprint density at radius 3 is 0.633 bits per heavy atom. The van der Waals surface area contributed by atoms with Gasteiger partial charge in [0, 0.05) is 0 Å². The zero-order chi connectivity index (χ0) is 56.2. The standard InChI is InChI=1S/C57H108O22/c1-2-3-4-5-6-7-8-9-56-10-12-57(13-11-56)79-55-54-78-53-52-77-51-50-76-49-48-75-47-46-74-45-44-73-43-42-72-41-40-71-39-38-70-37-36-69-35-34-68-33-32-67-31-30-66-29-28-65-27-26-64-25-24-63-23-22-62-21-20-61-19-18-60-17-16-59-15-14-58/h10-13,58H,2-9,14-55H2,1H3. The van der Waals surface area contributed by atoms with E-state index in [1.165, 1.54) is 50.5 Å². The number of aryl methyl sites for hydroxylation is 1. The Bertz CT molecular complexity index is 1250. The van der Waals surface area contributed by atoms with Crippen LogP contribution in [0, 0.1) is 0 Å². The summed E-state index contributed by atoms with van der Waals surface area (Å²) < 4.78 is 116. The first-order valence-corrected chi connectivity index (χ1v) is 29.2. The van der Waals surface area contributed by atoms with Gasteiger partial charge in [-0.05, 0) is 30.5 Å². The van der Waals surface area contributed by atoms with Gasteiger partial charge in [0.25, 0.3) is 0 Å². The predicted molar refractivity (Wildman–Crippen MR) is 297 cm³/mol. The highest BCUT2D eigenvalue weighted by molar-refractivity contribution is 5.27. The lowest BCUT2D eigenvalue weighted by atomic mass is 10.0. The van der Waals surface area contributed by atoms with Crippen LogP contribution >= 0.6 is 0 Å². The number of benzene rings is 1. The first-order chi connectivity index (χ1) is 39.4. The molecule has 0 atom stereocenters. The minimum atomic E-state index is 0.0192. The van der Waals surface area contributed by atoms with Crippen LogP contribution in [0.1, 0.15) is 57.4 Å². The van der Waals surface area contributed by atoms with Gasteiger partial charge in [0.1, 0.15) is 12.4 Å². The highest BCUT2D eigenvalue weighted by Crippen LogP contribution is 2.15. The number of aliphatic hydroxyl groups is 1. The maximum Gasteiger partial charge on any atom is 0.119 e. The van der Waals surface area contributed by atoms with E-state index in [4.69, 9.17) is 105 Å². The van der Waals surface area contributed by atoms with E-state index in [-0.39, 0.29) is 6.61 Å². The van der Waals surface area contributed by atoms with Crippen molar-refractivity contribution in [3.8, 4) is 5.75 Å². The first-order valence-electron chi connectivity index (χ1n) is 29.2. The molecule has 0 aliphatic rings. The quantitative estimate of drug-likeness (QED) is 0.0877. The van der Waals surface area contributed by atoms with Gasteiger partial charge in [-0.15, -0.1) is 0 Å². The van der Waals surface area contributed by atoms with Crippen LogP contribution in [0.3, 0.4) is 0 Å². The number of ether oxygens (including phenoxy) is 21. The van der Waals surface area contributed by atoms with E-state index in [0.29, 0.717) is 271 Å². The number of hydrogen-bond acceptors (Lipinski definition) is 22. The highest BCUT2D eigenvalue weighted by Gasteiger charge is 2.02. The number of hydrogen-bond donors (Lipinski definition) is 1. The topological polar surface area (TPSA) is 214 Å². The second-order valence-electron chi connectivity index (χ2n) is 17.3. The number of aliphatic hydroxyl groups excluding tert-OH is 1. The van der Waals surface area contributed by atoms with Crippen LogP contribution < -0.4 is 4.74 Å². The monoisotopic (exact) mass is 1140 g/mol. The van der Waals surface area contributed by atoms with Crippen LogP contribution in [0.5, 0.6) is 5.75 Å². The summed E-state index contributed by atoms with van der Waals surface area (Å²) in [6.45, 7) is 22.4. The van der Waals surface area contributed by atoms with Gasteiger partial charge in [0.2, 0.25) is 0 Å². The minimum absolute atomic E-state index is 0.0192. The molecule has 79 heavy (non-hydrogen) atoms. The van der Waals surface area contributed by atoms with Crippen LogP contribution in [-0.4, -0.2) is 283 Å². The summed E-state index contributed by atoms with van der Waals surface area (Å²) in [6.07, 6.45) is 10.5. The zero-order valence-electron chi connectivity index (χ0n) is 48.7. The average molecular weight is 1150 g/mol. The summed E-state index contributed by atoms with van der Waals surface area (Å²) in [4.78, 5) is 0. The van der Waals surface area contributed by atoms with Gasteiger partial charge in [-0.1, -0.05) is 57.6 Å². The van der Waals surface area contributed by atoms with Crippen molar-refractivity contribution in [2.45, 2.75) is 58.3 Å². The third-order valence-corrected chi connectivity index (χ3v) is 10.8. The van der Waals surface area contributed by atoms with E-state index < -0.39 is 0 Å². The number of unbranched alkanes of at least 4 members (excludes halogenated alkanes) is 6. The average Bonchev–Trinajstić information content (AvgIpc) is 3.46. The largest absolute Gasteiger partial charge is 0.491 e. The molecule has 1 N–H and O–H groups in total. The molecule has 0 fully saturated rings. The zero-order valence-corrected chi connectivity index (χ0v) is 48.7. The van der Waals surface area contributed by atoms with E-state index in [2.05, 4.69) is 31.2 Å². The lowest BCUT2D eigenvalue weighted by molar-refractivity contribution is -0.0315. The molecule has 0 saturated heterocycles. The summed E-state index contributed by atoms with van der Waals surface area (Å²) in [5.41, 5.74) is 1.38. The molecule has 1 aromatic carbocycles. The summed E-state index contributed by atoms with van der Waals surface area (Å²) in [7, 11) is 0. The van der Waals surface area contributed by atoms with Gasteiger partial charge < -0.3 is 105 Å². The van der Waals surface area contributed by atoms with E-state index in [1.807, 2.05) is 0 Å². The van der Waals surface area contributed by atoms with E-state index in [9.17, 15) is 0 Å². The minimum Gasteiger partial charge on any atom is -0.491 e. The second kappa shape index (κ2) is 68.7. The van der Waals surface area contributed by atoms with Gasteiger partial charge in [-0.25, -0.2) is 0 Å². The molecule has 0 spiro atoms. The van der Waals surface area contributed by atoms with E-state index in [0.717, 1.165) is 12.2 Å². The van der Waals surface area contributed by atoms with Crippen molar-refractivity contribution in [3.05, 3.63) is 29.8 Å². The SMILES string of the molecule is CCCCCCCCCc1ccc(OCCOCCOCCOCCOCCOCCOCCOCCOCCOCCOCCOCCOCCOCCOCCOCCOCCOCCOCCOCCOCCO)cc1. The van der Waals surface area contributed by atoms with Crippen molar-refractivity contribution in [2.24, 2.45) is 0 Å². The Kier molecular flexibility index (Phi) is 65.4. The molecule has 0 heterocycles. The Labute approximate surface area is 474 Å². The molecule has 22 heteroatoms. The van der Waals surface area contributed by atoms with Crippen LogP contribution in [0.2, 0.25) is 0 Å². The van der Waals surface area contributed by atoms with Crippen LogP contribution in [0.25, 0.3) is 0 Å². The molecule has 0 aromatic heterocycles. The molecule has 0 amide bonds. The Morgan fingerprint density at radius 2 is 0.418 bits per heavy atom. The summed E-state index contributed by atoms with van der Waals surface area (Å²) in [5, 5.41) is 8.61. The molecular weight excluding hydrogens is 1040 g/mol. The molecule has 1 rings (SSSR count). The third-order valence-electron chi connectivity index (χ3n) is 10.8. The van der Waals surface area contributed by atoms with E-state index in [1.54, 1.807) is 0 Å². The third kappa shape index (κ3) is 63.6. The van der Waals surface area contributed by atoms with Crippen molar-refractivity contribution in [3.63, 3.8) is 0 Å². The normalized spacial score (nSPS) is 11.7. The molecular formula is C57H108O22. The van der Waals surface area contributed by atoms with Crippen LogP contribution in [0.4, 0.5) is 0 Å². The smallest absolute Gasteiger partial charge is 0.119 e. The number of rotatable bonds is 71. The second-order valence-corrected chi connectivity index (χ2v) is 17.3. The van der Waals surface area contributed by atoms with E-state index >= 15 is 0 Å². The maximum absolute atomic E-state index is 8.61. The lowest BCUT2D eigenvalue weighted by Crippen LogP contribution is -2.16. The molecule has 0 radical (unpaired) electrons. The fourth-order valence-electron chi connectivity index (χ4n) is 6.60. The molecule has 0 saturated carbocycles. The van der Waals surface area contributed by atoms with Crippen LogP contribution in [-0.2, 0) is 101 Å². The summed E-state index contributed by atoms with van der Waals surface area (Å²) in [6, 6.07) is 8.45. The van der Waals surface area contributed by atoms with Gasteiger partial charge in [0.05, 0.1) is 271 Å². The van der Waals surface area contributed by atoms with Gasteiger partial charge in [0.15, 0.2) is 0 Å². The molecule has 1 aromatic rings. The predicted octanol–water partition coefficient (Wildman–Crippen LogP) is 4.68. The van der Waals surface area contributed by atoms with Crippen molar-refractivity contribution >= 4 is 0 Å². The maximum atomic E-state index is 8.61. The van der Waals surface area contributed by atoms with Gasteiger partial charge in [-0.2, -0.15) is 0 Å². The van der Waals surface area contributed by atoms with Crippen molar-refractivity contribution in [1.82, 2.24) is 0 Å². The van der Waals surface area contributed by atoms with Gasteiger partial charge in [-0.3, -0.25) is 0 Å². The van der Waals surface area contributed by atoms with Crippen molar-refractivity contribution in [2.75, 3.05) is 277 Å². The fourth-order valence-corrected chi connectivity index (χ4v) is 6.60. The van der Waals surface area contributed by atoms with Crippen molar-refractivity contribution < 1.29 is 105 Å². The molecule has 22 nitrogen and oxygen atoms in total. The summed E-state index contributed by atoms with van der Waals surface area (Å²) >= 11 is 0. The first kappa shape index (κ1) is 75.2. The molecule has 0 aliphatic heterocycles. The van der Waals surface area contributed by atoms with Crippen LogP contribution in [0.15, 0.2) is 24.3 Å². The van der Waals surface area contributed by atoms with Crippen molar-refractivity contribution in [1.29, 1.82) is 0 Å². The Hall–Kier alpha value is -1.82. The summed E-state index contributed by atoms with van der Waals surface area (Å²) in [5.74, 6) is 0.881.